The van der Waals surface area contributed by atoms with Gasteiger partial charge in [0.25, 0.3) is 5.56 Å². The molecular formula is C31H33BrN4O5. The van der Waals surface area contributed by atoms with Gasteiger partial charge < -0.3 is 9.47 Å². The molecule has 0 aliphatic rings. The highest BCUT2D eigenvalue weighted by molar-refractivity contribution is 9.10. The number of rotatable bonds is 10. The van der Waals surface area contributed by atoms with Crippen LogP contribution in [0.4, 0.5) is 5.69 Å². The summed E-state index contributed by atoms with van der Waals surface area (Å²) in [4.78, 5) is 30.1. The standard InChI is InChI=1S/C31H33BrN4O5/c1-7-20(6)41-29-21(14-22(32)15-27(29)36(38)39)17-33-35-30(34-26-12-10-9-11-23(26)31(35)37)25-16-24(18(3)4)28(40-8-2)13-19(25)5/h9-18,20H,7-8H2,1-6H3/t20-/m1/s1. The van der Waals surface area contributed by atoms with Gasteiger partial charge in [0.05, 0.1) is 34.8 Å². The molecule has 0 amide bonds. The minimum Gasteiger partial charge on any atom is -0.494 e. The average Bonchev–Trinajstić information content (AvgIpc) is 2.93. The Morgan fingerprint density at radius 1 is 1.15 bits per heavy atom. The summed E-state index contributed by atoms with van der Waals surface area (Å²) >= 11 is 3.36. The molecule has 0 radical (unpaired) electrons. The first-order chi connectivity index (χ1) is 19.5. The first kappa shape index (κ1) is 29.9. The molecule has 0 N–H and O–H groups in total. The lowest BCUT2D eigenvalue weighted by molar-refractivity contribution is -0.386. The first-order valence-electron chi connectivity index (χ1n) is 13.5. The largest absolute Gasteiger partial charge is 0.494 e. The highest BCUT2D eigenvalue weighted by Crippen LogP contribution is 2.36. The SMILES string of the molecule is CCOc1cc(C)c(-c2nc3ccccc3c(=O)n2N=Cc2cc(Br)cc([N+](=O)[O-])c2O[C@H](C)CC)cc1C(C)C. The number of nitrogens with zero attached hydrogens (tertiary/aromatic N) is 4. The molecule has 3 aromatic carbocycles. The van der Waals surface area contributed by atoms with E-state index in [2.05, 4.69) is 34.9 Å². The maximum absolute atomic E-state index is 13.8. The second-order valence-corrected chi connectivity index (χ2v) is 11.0. The molecule has 0 unspecified atom stereocenters. The number of fused-ring (bicyclic) bond motifs is 1. The van der Waals surface area contributed by atoms with Crippen molar-refractivity contribution in [1.29, 1.82) is 0 Å². The quantitative estimate of drug-likeness (QED) is 0.102. The van der Waals surface area contributed by atoms with Gasteiger partial charge in [-0.3, -0.25) is 14.9 Å². The van der Waals surface area contributed by atoms with E-state index in [1.54, 1.807) is 24.3 Å². The lowest BCUT2D eigenvalue weighted by Gasteiger charge is -2.18. The van der Waals surface area contributed by atoms with E-state index >= 15 is 0 Å². The number of nitro groups is 1. The van der Waals surface area contributed by atoms with Crippen molar-refractivity contribution in [2.24, 2.45) is 5.10 Å². The maximum atomic E-state index is 13.8. The summed E-state index contributed by atoms with van der Waals surface area (Å²) in [5.41, 5.74) is 2.90. The van der Waals surface area contributed by atoms with Crippen LogP contribution in [0, 0.1) is 17.0 Å². The van der Waals surface area contributed by atoms with E-state index in [1.807, 2.05) is 45.9 Å². The van der Waals surface area contributed by atoms with Crippen molar-refractivity contribution >= 4 is 38.7 Å². The van der Waals surface area contributed by atoms with Crippen molar-refractivity contribution in [3.05, 3.63) is 90.2 Å². The number of aryl methyl sites for hydroxylation is 1. The van der Waals surface area contributed by atoms with E-state index in [-0.39, 0.29) is 29.0 Å². The van der Waals surface area contributed by atoms with Crippen molar-refractivity contribution < 1.29 is 14.4 Å². The lowest BCUT2D eigenvalue weighted by Crippen LogP contribution is -2.21. The van der Waals surface area contributed by atoms with Crippen LogP contribution in [0.5, 0.6) is 11.5 Å². The van der Waals surface area contributed by atoms with Crippen molar-refractivity contribution in [2.45, 2.75) is 60.0 Å². The summed E-state index contributed by atoms with van der Waals surface area (Å²) in [6.45, 7) is 12.3. The molecule has 0 aliphatic carbocycles. The minimum atomic E-state index is -0.494. The molecule has 0 saturated carbocycles. The molecule has 10 heteroatoms. The fourth-order valence-electron chi connectivity index (χ4n) is 4.44. The van der Waals surface area contributed by atoms with Crippen LogP contribution in [0.3, 0.4) is 0 Å². The van der Waals surface area contributed by atoms with E-state index in [1.165, 1.54) is 17.0 Å². The van der Waals surface area contributed by atoms with Gasteiger partial charge in [-0.25, -0.2) is 4.98 Å². The predicted molar refractivity (Wildman–Crippen MR) is 166 cm³/mol. The van der Waals surface area contributed by atoms with Gasteiger partial charge in [-0.05, 0) is 74.6 Å². The third-order valence-electron chi connectivity index (χ3n) is 6.74. The molecule has 1 heterocycles. The number of para-hydroxylation sites is 1. The molecule has 4 aromatic rings. The molecule has 9 nitrogen and oxygen atoms in total. The summed E-state index contributed by atoms with van der Waals surface area (Å²) < 4.78 is 13.6. The van der Waals surface area contributed by atoms with Crippen molar-refractivity contribution in [2.75, 3.05) is 6.61 Å². The molecule has 4 rings (SSSR count). The van der Waals surface area contributed by atoms with E-state index < -0.39 is 4.92 Å². The Morgan fingerprint density at radius 2 is 1.88 bits per heavy atom. The highest BCUT2D eigenvalue weighted by Gasteiger charge is 2.23. The lowest BCUT2D eigenvalue weighted by atomic mass is 9.96. The number of benzene rings is 3. The van der Waals surface area contributed by atoms with Crippen LogP contribution in [0.2, 0.25) is 0 Å². The topological polar surface area (TPSA) is 109 Å². The molecule has 1 atom stereocenters. The summed E-state index contributed by atoms with van der Waals surface area (Å²) in [6, 6.07) is 14.1. The zero-order valence-corrected chi connectivity index (χ0v) is 25.6. The molecule has 0 spiro atoms. The summed E-state index contributed by atoms with van der Waals surface area (Å²) in [6.07, 6.45) is 1.78. The fourth-order valence-corrected chi connectivity index (χ4v) is 4.90. The number of nitro benzene ring substituents is 1. The normalized spacial score (nSPS) is 12.3. The van der Waals surface area contributed by atoms with Gasteiger partial charge in [0.15, 0.2) is 5.82 Å². The second kappa shape index (κ2) is 12.6. The van der Waals surface area contributed by atoms with Crippen LogP contribution in [0.15, 0.2) is 62.9 Å². The summed E-state index contributed by atoms with van der Waals surface area (Å²) in [5, 5.41) is 16.9. The number of ether oxygens (including phenoxy) is 2. The van der Waals surface area contributed by atoms with Gasteiger partial charge in [0, 0.05) is 21.7 Å². The third kappa shape index (κ3) is 6.32. The molecule has 1 aromatic heterocycles. The van der Waals surface area contributed by atoms with Crippen LogP contribution in [-0.4, -0.2) is 33.5 Å². The van der Waals surface area contributed by atoms with Crippen molar-refractivity contribution in [3.8, 4) is 22.9 Å². The van der Waals surface area contributed by atoms with Gasteiger partial charge in [0.2, 0.25) is 5.75 Å². The molecule has 0 bridgehead atoms. The number of halogens is 1. The smallest absolute Gasteiger partial charge is 0.312 e. The number of hydrogen-bond donors (Lipinski definition) is 0. The Bertz CT molecular complexity index is 1700. The van der Waals surface area contributed by atoms with E-state index in [0.717, 1.165) is 22.4 Å². The predicted octanol–water partition coefficient (Wildman–Crippen LogP) is 7.62. The van der Waals surface area contributed by atoms with Crippen LogP contribution < -0.4 is 15.0 Å². The third-order valence-corrected chi connectivity index (χ3v) is 7.20. The Hall–Kier alpha value is -4.05. The van der Waals surface area contributed by atoms with Gasteiger partial charge in [-0.2, -0.15) is 9.78 Å². The molecule has 214 valence electrons. The molecule has 0 saturated heterocycles. The van der Waals surface area contributed by atoms with Gasteiger partial charge in [0.1, 0.15) is 5.75 Å². The molecule has 0 fully saturated rings. The average molecular weight is 622 g/mol. The monoisotopic (exact) mass is 620 g/mol. The molecule has 0 aliphatic heterocycles. The van der Waals surface area contributed by atoms with Gasteiger partial charge >= 0.3 is 5.69 Å². The number of hydrogen-bond acceptors (Lipinski definition) is 7. The van der Waals surface area contributed by atoms with Crippen LogP contribution in [0.25, 0.3) is 22.3 Å². The van der Waals surface area contributed by atoms with Crippen molar-refractivity contribution in [1.82, 2.24) is 9.66 Å². The van der Waals surface area contributed by atoms with E-state index in [0.29, 0.717) is 39.8 Å². The maximum Gasteiger partial charge on any atom is 0.312 e. The minimum absolute atomic E-state index is 0.0824. The molecular weight excluding hydrogens is 588 g/mol. The summed E-state index contributed by atoms with van der Waals surface area (Å²) in [5.74, 6) is 1.37. The summed E-state index contributed by atoms with van der Waals surface area (Å²) in [7, 11) is 0. The van der Waals surface area contributed by atoms with Crippen molar-refractivity contribution in [3.63, 3.8) is 0 Å². The van der Waals surface area contributed by atoms with Crippen LogP contribution >= 0.6 is 15.9 Å². The zero-order chi connectivity index (χ0) is 29.8. The van der Waals surface area contributed by atoms with Gasteiger partial charge in [-0.15, -0.1) is 0 Å². The fraction of sp³-hybridized carbons (Fsp3) is 0.323. The van der Waals surface area contributed by atoms with Crippen LogP contribution in [-0.2, 0) is 0 Å². The van der Waals surface area contributed by atoms with E-state index in [4.69, 9.17) is 14.5 Å². The highest BCUT2D eigenvalue weighted by atomic mass is 79.9. The first-order valence-corrected chi connectivity index (χ1v) is 14.3. The Kier molecular flexibility index (Phi) is 9.22. The molecule has 41 heavy (non-hydrogen) atoms. The Labute approximate surface area is 247 Å². The zero-order valence-electron chi connectivity index (χ0n) is 24.0. The van der Waals surface area contributed by atoms with E-state index in [9.17, 15) is 14.9 Å². The Morgan fingerprint density at radius 3 is 2.54 bits per heavy atom. The van der Waals surface area contributed by atoms with Crippen LogP contribution in [0.1, 0.15) is 63.6 Å². The second-order valence-electron chi connectivity index (χ2n) is 10.0. The van der Waals surface area contributed by atoms with Gasteiger partial charge in [-0.1, -0.05) is 48.8 Å². The Balaban J connectivity index is 2.00. The number of aromatic nitrogens is 2.